The Morgan fingerprint density at radius 3 is 2.16 bits per heavy atom. The van der Waals surface area contributed by atoms with E-state index in [-0.39, 0.29) is 23.7 Å². The highest BCUT2D eigenvalue weighted by atomic mass is 16.6. The maximum absolute atomic E-state index is 12.1. The highest BCUT2D eigenvalue weighted by Crippen LogP contribution is 2.27. The normalized spacial score (nSPS) is 10.2. The predicted molar refractivity (Wildman–Crippen MR) is 90.5 cm³/mol. The third-order valence-electron chi connectivity index (χ3n) is 3.46. The van der Waals surface area contributed by atoms with Crippen molar-refractivity contribution in [2.45, 2.75) is 12.8 Å². The maximum Gasteiger partial charge on any atom is 0.379 e. The quantitative estimate of drug-likeness (QED) is 0.502. The van der Waals surface area contributed by atoms with Gasteiger partial charge in [0.1, 0.15) is 0 Å². The van der Waals surface area contributed by atoms with Crippen molar-refractivity contribution in [1.29, 1.82) is 0 Å². The first-order chi connectivity index (χ1) is 12.2. The SMILES string of the molecule is O=C(CCc1ccccc1)Oc1ccccc1OC(=O)c1ccco1. The Balaban J connectivity index is 1.62. The zero-order valence-electron chi connectivity index (χ0n) is 13.4. The molecule has 126 valence electrons. The molecule has 0 spiro atoms. The lowest BCUT2D eigenvalue weighted by Gasteiger charge is -2.09. The van der Waals surface area contributed by atoms with Crippen LogP contribution in [0.25, 0.3) is 0 Å². The fraction of sp³-hybridized carbons (Fsp3) is 0.100. The third kappa shape index (κ3) is 4.57. The second kappa shape index (κ2) is 7.97. The Morgan fingerprint density at radius 1 is 0.800 bits per heavy atom. The van der Waals surface area contributed by atoms with Gasteiger partial charge in [-0.25, -0.2) is 4.79 Å². The highest BCUT2D eigenvalue weighted by Gasteiger charge is 2.16. The van der Waals surface area contributed by atoms with E-state index in [4.69, 9.17) is 13.9 Å². The van der Waals surface area contributed by atoms with Gasteiger partial charge in [-0.1, -0.05) is 42.5 Å². The van der Waals surface area contributed by atoms with Gasteiger partial charge in [0.15, 0.2) is 11.5 Å². The van der Waals surface area contributed by atoms with Crippen molar-refractivity contribution in [1.82, 2.24) is 0 Å². The smallest absolute Gasteiger partial charge is 0.379 e. The Hall–Kier alpha value is -3.34. The summed E-state index contributed by atoms with van der Waals surface area (Å²) in [7, 11) is 0. The topological polar surface area (TPSA) is 65.7 Å². The first-order valence-corrected chi connectivity index (χ1v) is 7.82. The number of carbonyl (C=O) groups excluding carboxylic acids is 2. The van der Waals surface area contributed by atoms with Crippen molar-refractivity contribution in [2.24, 2.45) is 0 Å². The maximum atomic E-state index is 12.1. The Labute approximate surface area is 144 Å². The van der Waals surface area contributed by atoms with Gasteiger partial charge in [0, 0.05) is 6.42 Å². The molecule has 2 aromatic carbocycles. The number of carbonyl (C=O) groups is 2. The molecule has 0 fully saturated rings. The minimum atomic E-state index is -0.655. The standard InChI is InChI=1S/C20H16O5/c21-19(13-12-15-7-2-1-3-8-15)24-16-9-4-5-10-17(16)25-20(22)18-11-6-14-23-18/h1-11,14H,12-13H2. The number of hydrogen-bond donors (Lipinski definition) is 0. The molecule has 0 aliphatic heterocycles. The Morgan fingerprint density at radius 2 is 1.48 bits per heavy atom. The molecule has 0 unspecified atom stereocenters. The minimum absolute atomic E-state index is 0.0743. The van der Waals surface area contributed by atoms with Crippen LogP contribution in [0.1, 0.15) is 22.5 Å². The second-order valence-corrected chi connectivity index (χ2v) is 5.27. The number of rotatable bonds is 6. The van der Waals surface area contributed by atoms with Gasteiger partial charge < -0.3 is 13.9 Å². The summed E-state index contributed by atoms with van der Waals surface area (Å²) in [6.45, 7) is 0. The summed E-state index contributed by atoms with van der Waals surface area (Å²) in [5.74, 6) is -0.620. The van der Waals surface area contributed by atoms with Crippen LogP contribution in [-0.4, -0.2) is 11.9 Å². The molecule has 25 heavy (non-hydrogen) atoms. The average molecular weight is 336 g/mol. The summed E-state index contributed by atoms with van der Waals surface area (Å²) in [4.78, 5) is 24.0. The molecule has 0 saturated carbocycles. The van der Waals surface area contributed by atoms with Crippen LogP contribution in [0.5, 0.6) is 11.5 Å². The average Bonchev–Trinajstić information content (AvgIpc) is 3.17. The first kappa shape index (κ1) is 16.5. The van der Waals surface area contributed by atoms with Crippen molar-refractivity contribution < 1.29 is 23.5 Å². The molecule has 3 aromatic rings. The molecule has 1 heterocycles. The van der Waals surface area contributed by atoms with E-state index >= 15 is 0 Å². The number of para-hydroxylation sites is 2. The van der Waals surface area contributed by atoms with Gasteiger partial charge in [0.2, 0.25) is 5.76 Å². The number of furan rings is 1. The van der Waals surface area contributed by atoms with E-state index in [0.29, 0.717) is 6.42 Å². The van der Waals surface area contributed by atoms with Gasteiger partial charge in [-0.3, -0.25) is 4.79 Å². The fourth-order valence-electron chi connectivity index (χ4n) is 2.23. The number of benzene rings is 2. The van der Waals surface area contributed by atoms with Gasteiger partial charge in [-0.05, 0) is 36.2 Å². The molecule has 1 aromatic heterocycles. The molecule has 0 saturated heterocycles. The lowest BCUT2D eigenvalue weighted by molar-refractivity contribution is -0.134. The lowest BCUT2D eigenvalue weighted by atomic mass is 10.1. The van der Waals surface area contributed by atoms with E-state index in [1.807, 2.05) is 30.3 Å². The van der Waals surface area contributed by atoms with Gasteiger partial charge in [0.05, 0.1) is 6.26 Å². The predicted octanol–water partition coefficient (Wildman–Crippen LogP) is 4.04. The lowest BCUT2D eigenvalue weighted by Crippen LogP contribution is -2.12. The highest BCUT2D eigenvalue weighted by molar-refractivity contribution is 5.88. The second-order valence-electron chi connectivity index (χ2n) is 5.27. The van der Waals surface area contributed by atoms with E-state index < -0.39 is 11.9 Å². The monoisotopic (exact) mass is 336 g/mol. The molecule has 0 amide bonds. The molecule has 5 nitrogen and oxygen atoms in total. The molecular formula is C20H16O5. The van der Waals surface area contributed by atoms with E-state index in [9.17, 15) is 9.59 Å². The molecule has 0 aliphatic rings. The van der Waals surface area contributed by atoms with E-state index in [1.54, 1.807) is 30.3 Å². The molecule has 0 aliphatic carbocycles. The van der Waals surface area contributed by atoms with Crippen LogP contribution in [0.4, 0.5) is 0 Å². The van der Waals surface area contributed by atoms with Crippen molar-refractivity contribution in [3.8, 4) is 11.5 Å². The van der Waals surface area contributed by atoms with Crippen LogP contribution >= 0.6 is 0 Å². The van der Waals surface area contributed by atoms with E-state index in [0.717, 1.165) is 5.56 Å². The summed E-state index contributed by atoms with van der Waals surface area (Å²) in [5, 5.41) is 0. The molecule has 0 bridgehead atoms. The van der Waals surface area contributed by atoms with Crippen molar-refractivity contribution in [3.63, 3.8) is 0 Å². The summed E-state index contributed by atoms with van der Waals surface area (Å²) < 4.78 is 15.6. The molecule has 0 N–H and O–H groups in total. The zero-order valence-corrected chi connectivity index (χ0v) is 13.4. The summed E-state index contributed by atoms with van der Waals surface area (Å²) in [5.41, 5.74) is 1.05. The number of esters is 2. The largest absolute Gasteiger partial charge is 0.457 e. The first-order valence-electron chi connectivity index (χ1n) is 7.82. The van der Waals surface area contributed by atoms with Gasteiger partial charge >= 0.3 is 11.9 Å². The van der Waals surface area contributed by atoms with Crippen molar-refractivity contribution in [3.05, 3.63) is 84.3 Å². The summed E-state index contributed by atoms with van der Waals surface area (Å²) in [6.07, 6.45) is 2.19. The zero-order chi connectivity index (χ0) is 17.5. The number of aryl methyl sites for hydroxylation is 1. The molecule has 0 radical (unpaired) electrons. The molecule has 0 atom stereocenters. The third-order valence-corrected chi connectivity index (χ3v) is 3.46. The number of ether oxygens (including phenoxy) is 2. The van der Waals surface area contributed by atoms with Gasteiger partial charge in [0.25, 0.3) is 0 Å². The van der Waals surface area contributed by atoms with Crippen LogP contribution < -0.4 is 9.47 Å². The molecular weight excluding hydrogens is 320 g/mol. The van der Waals surface area contributed by atoms with Gasteiger partial charge in [-0.15, -0.1) is 0 Å². The van der Waals surface area contributed by atoms with E-state index in [2.05, 4.69) is 0 Å². The minimum Gasteiger partial charge on any atom is -0.457 e. The molecule has 5 heteroatoms. The Kier molecular flexibility index (Phi) is 5.26. The van der Waals surface area contributed by atoms with Crippen LogP contribution in [0.15, 0.2) is 77.4 Å². The van der Waals surface area contributed by atoms with Gasteiger partial charge in [-0.2, -0.15) is 0 Å². The number of hydrogen-bond acceptors (Lipinski definition) is 5. The van der Waals surface area contributed by atoms with Crippen molar-refractivity contribution >= 4 is 11.9 Å². The van der Waals surface area contributed by atoms with Crippen molar-refractivity contribution in [2.75, 3.05) is 0 Å². The summed E-state index contributed by atoms with van der Waals surface area (Å²) in [6, 6.07) is 19.3. The van der Waals surface area contributed by atoms with Crippen LogP contribution in [-0.2, 0) is 11.2 Å². The molecule has 3 rings (SSSR count). The van der Waals surface area contributed by atoms with Crippen LogP contribution in [0.3, 0.4) is 0 Å². The van der Waals surface area contributed by atoms with Crippen LogP contribution in [0, 0.1) is 0 Å². The Bertz CT molecular complexity index is 838. The van der Waals surface area contributed by atoms with Crippen LogP contribution in [0.2, 0.25) is 0 Å². The van der Waals surface area contributed by atoms with E-state index in [1.165, 1.54) is 12.3 Å². The fourth-order valence-corrected chi connectivity index (χ4v) is 2.23. The summed E-state index contributed by atoms with van der Waals surface area (Å²) >= 11 is 0.